The van der Waals surface area contributed by atoms with Crippen LogP contribution in [0.2, 0.25) is 0 Å². The summed E-state index contributed by atoms with van der Waals surface area (Å²) >= 11 is 3.27. The molecule has 1 amide bonds. The Morgan fingerprint density at radius 3 is 2.29 bits per heavy atom. The Morgan fingerprint density at radius 2 is 1.93 bits per heavy atom. The fourth-order valence-electron chi connectivity index (χ4n) is 1.07. The first kappa shape index (κ1) is 13.9. The van der Waals surface area contributed by atoms with Gasteiger partial charge in [-0.25, -0.2) is 0 Å². The van der Waals surface area contributed by atoms with Crippen molar-refractivity contribution in [3.05, 3.63) is 0 Å². The molecule has 0 aromatic heterocycles. The van der Waals surface area contributed by atoms with E-state index in [1.807, 2.05) is 13.8 Å². The van der Waals surface area contributed by atoms with Crippen LogP contribution in [-0.2, 0) is 14.3 Å². The van der Waals surface area contributed by atoms with Gasteiger partial charge in [0.15, 0.2) is 6.29 Å². The molecule has 4 nitrogen and oxygen atoms in total. The molecule has 14 heavy (non-hydrogen) atoms. The van der Waals surface area contributed by atoms with Gasteiger partial charge < -0.3 is 14.8 Å². The molecule has 0 aliphatic carbocycles. The lowest BCUT2D eigenvalue weighted by Crippen LogP contribution is -2.45. The lowest BCUT2D eigenvalue weighted by Gasteiger charge is -2.23. The minimum Gasteiger partial charge on any atom is -0.354 e. The number of hydrogen-bond donors (Lipinski definition) is 1. The molecule has 0 aromatic carbocycles. The summed E-state index contributed by atoms with van der Waals surface area (Å²) < 4.78 is 10.0. The second-order valence-electron chi connectivity index (χ2n) is 3.01. The molecule has 0 bridgehead atoms. The molecule has 0 rings (SSSR count). The standard InChI is InChI=1S/C9H18BrNO3/c1-5-7(10)8(12)11-6(2)9(13-3)14-4/h6-7,9H,5H2,1-4H3,(H,11,12). The first-order chi connectivity index (χ1) is 6.56. The maximum absolute atomic E-state index is 11.5. The van der Waals surface area contributed by atoms with Gasteiger partial charge in [-0.1, -0.05) is 22.9 Å². The number of ether oxygens (including phenoxy) is 2. The van der Waals surface area contributed by atoms with E-state index in [4.69, 9.17) is 9.47 Å². The third-order valence-electron chi connectivity index (χ3n) is 1.89. The van der Waals surface area contributed by atoms with Crippen LogP contribution in [0.25, 0.3) is 0 Å². The molecule has 0 saturated heterocycles. The summed E-state index contributed by atoms with van der Waals surface area (Å²) in [5.74, 6) is -0.0425. The topological polar surface area (TPSA) is 47.6 Å². The van der Waals surface area contributed by atoms with E-state index in [9.17, 15) is 4.79 Å². The van der Waals surface area contributed by atoms with E-state index >= 15 is 0 Å². The highest BCUT2D eigenvalue weighted by Gasteiger charge is 2.20. The van der Waals surface area contributed by atoms with Crippen molar-refractivity contribution in [1.29, 1.82) is 0 Å². The zero-order valence-electron chi connectivity index (χ0n) is 9.04. The van der Waals surface area contributed by atoms with Gasteiger partial charge in [-0.3, -0.25) is 4.79 Å². The van der Waals surface area contributed by atoms with Gasteiger partial charge in [-0.05, 0) is 13.3 Å². The Balaban J connectivity index is 4.03. The zero-order chi connectivity index (χ0) is 11.1. The van der Waals surface area contributed by atoms with Crippen molar-refractivity contribution >= 4 is 21.8 Å². The van der Waals surface area contributed by atoms with E-state index in [-0.39, 0.29) is 16.8 Å². The first-order valence-electron chi connectivity index (χ1n) is 4.56. The second kappa shape index (κ2) is 7.20. The van der Waals surface area contributed by atoms with Crippen molar-refractivity contribution in [1.82, 2.24) is 5.32 Å². The number of nitrogens with one attached hydrogen (secondary N) is 1. The Bertz CT molecular complexity index is 173. The third kappa shape index (κ3) is 4.39. The van der Waals surface area contributed by atoms with Crippen molar-refractivity contribution in [2.24, 2.45) is 0 Å². The normalized spacial score (nSPS) is 15.3. The smallest absolute Gasteiger partial charge is 0.234 e. The molecule has 0 aliphatic heterocycles. The van der Waals surface area contributed by atoms with Crippen molar-refractivity contribution in [2.75, 3.05) is 14.2 Å². The Labute approximate surface area is 93.5 Å². The van der Waals surface area contributed by atoms with Crippen LogP contribution in [0, 0.1) is 0 Å². The maximum Gasteiger partial charge on any atom is 0.234 e. The van der Waals surface area contributed by atoms with Gasteiger partial charge in [-0.15, -0.1) is 0 Å². The number of alkyl halides is 1. The van der Waals surface area contributed by atoms with Gasteiger partial charge in [-0.2, -0.15) is 0 Å². The molecule has 84 valence electrons. The molecular formula is C9H18BrNO3. The Morgan fingerprint density at radius 1 is 1.43 bits per heavy atom. The summed E-state index contributed by atoms with van der Waals surface area (Å²) in [5.41, 5.74) is 0. The summed E-state index contributed by atoms with van der Waals surface area (Å²) in [4.78, 5) is 11.3. The van der Waals surface area contributed by atoms with Crippen LogP contribution >= 0.6 is 15.9 Å². The number of rotatable bonds is 6. The number of hydrogen-bond acceptors (Lipinski definition) is 3. The fraction of sp³-hybridized carbons (Fsp3) is 0.889. The van der Waals surface area contributed by atoms with Crippen LogP contribution in [0.15, 0.2) is 0 Å². The van der Waals surface area contributed by atoms with Crippen LogP contribution < -0.4 is 5.32 Å². The molecule has 1 N–H and O–H groups in total. The number of halogens is 1. The van der Waals surface area contributed by atoms with Gasteiger partial charge in [0.05, 0.1) is 10.9 Å². The van der Waals surface area contributed by atoms with Gasteiger partial charge in [0.25, 0.3) is 0 Å². The van der Waals surface area contributed by atoms with Crippen LogP contribution in [0.4, 0.5) is 0 Å². The van der Waals surface area contributed by atoms with Crippen LogP contribution in [0.3, 0.4) is 0 Å². The average molecular weight is 268 g/mol. The monoisotopic (exact) mass is 267 g/mol. The number of carbonyl (C=O) groups excluding carboxylic acids is 1. The minimum absolute atomic E-state index is 0.0425. The molecular weight excluding hydrogens is 250 g/mol. The van der Waals surface area contributed by atoms with Crippen LogP contribution in [-0.4, -0.2) is 37.3 Å². The van der Waals surface area contributed by atoms with E-state index in [1.165, 1.54) is 0 Å². The van der Waals surface area contributed by atoms with E-state index in [0.29, 0.717) is 0 Å². The summed E-state index contributed by atoms with van der Waals surface area (Å²) in [7, 11) is 3.09. The van der Waals surface area contributed by atoms with Crippen molar-refractivity contribution < 1.29 is 14.3 Å². The summed E-state index contributed by atoms with van der Waals surface area (Å²) in [6, 6.07) is -0.163. The molecule has 0 aliphatic rings. The quantitative estimate of drug-likeness (QED) is 0.583. The largest absolute Gasteiger partial charge is 0.354 e. The summed E-state index contributed by atoms with van der Waals surface area (Å²) in [5, 5.41) is 2.80. The van der Waals surface area contributed by atoms with E-state index in [0.717, 1.165) is 6.42 Å². The molecule has 0 aromatic rings. The van der Waals surface area contributed by atoms with Gasteiger partial charge >= 0.3 is 0 Å². The van der Waals surface area contributed by atoms with Gasteiger partial charge in [0.1, 0.15) is 0 Å². The molecule has 0 spiro atoms. The first-order valence-corrected chi connectivity index (χ1v) is 5.48. The highest BCUT2D eigenvalue weighted by Crippen LogP contribution is 2.06. The van der Waals surface area contributed by atoms with Crippen LogP contribution in [0.1, 0.15) is 20.3 Å². The number of methoxy groups -OCH3 is 2. The highest BCUT2D eigenvalue weighted by molar-refractivity contribution is 9.10. The predicted molar refractivity (Wildman–Crippen MR) is 58.4 cm³/mol. The molecule has 2 unspecified atom stereocenters. The highest BCUT2D eigenvalue weighted by atomic mass is 79.9. The van der Waals surface area contributed by atoms with Crippen molar-refractivity contribution in [2.45, 2.75) is 37.4 Å². The Kier molecular flexibility index (Phi) is 7.13. The van der Waals surface area contributed by atoms with E-state index in [2.05, 4.69) is 21.2 Å². The average Bonchev–Trinajstić information content (AvgIpc) is 2.18. The lowest BCUT2D eigenvalue weighted by atomic mass is 10.2. The predicted octanol–water partition coefficient (Wildman–Crippen LogP) is 1.28. The second-order valence-corrected chi connectivity index (χ2v) is 4.12. The molecule has 0 heterocycles. The van der Waals surface area contributed by atoms with Crippen molar-refractivity contribution in [3.63, 3.8) is 0 Å². The molecule has 5 heteroatoms. The zero-order valence-corrected chi connectivity index (χ0v) is 10.6. The van der Waals surface area contributed by atoms with Gasteiger partial charge in [0, 0.05) is 14.2 Å². The molecule has 0 radical (unpaired) electrons. The summed E-state index contributed by atoms with van der Waals surface area (Å²) in [6.07, 6.45) is 0.346. The molecule has 2 atom stereocenters. The third-order valence-corrected chi connectivity index (χ3v) is 2.95. The number of amides is 1. The minimum atomic E-state index is -0.407. The lowest BCUT2D eigenvalue weighted by molar-refractivity contribution is -0.135. The van der Waals surface area contributed by atoms with E-state index < -0.39 is 6.29 Å². The molecule has 0 fully saturated rings. The van der Waals surface area contributed by atoms with Gasteiger partial charge in [0.2, 0.25) is 5.91 Å². The Hall–Kier alpha value is -0.130. The van der Waals surface area contributed by atoms with E-state index in [1.54, 1.807) is 14.2 Å². The SMILES string of the molecule is CCC(Br)C(=O)NC(C)C(OC)OC. The maximum atomic E-state index is 11.5. The fourth-order valence-corrected chi connectivity index (χ4v) is 1.20. The summed E-state index contributed by atoms with van der Waals surface area (Å²) in [6.45, 7) is 3.78. The number of carbonyl (C=O) groups is 1. The molecule has 0 saturated carbocycles. The van der Waals surface area contributed by atoms with Crippen LogP contribution in [0.5, 0.6) is 0 Å². The van der Waals surface area contributed by atoms with Crippen molar-refractivity contribution in [3.8, 4) is 0 Å².